The van der Waals surface area contributed by atoms with E-state index in [1.165, 1.54) is 16.7 Å². The van der Waals surface area contributed by atoms with Crippen LogP contribution in [-0.4, -0.2) is 12.9 Å². The van der Waals surface area contributed by atoms with Crippen LogP contribution in [0, 0.1) is 0 Å². The number of allylic oxidation sites excluding steroid dienone is 2. The molecule has 0 N–H and O–H groups in total. The number of benzene rings is 1. The molecule has 0 aliphatic heterocycles. The van der Waals surface area contributed by atoms with Crippen LogP contribution in [0.15, 0.2) is 29.8 Å². The van der Waals surface area contributed by atoms with Crippen molar-refractivity contribution in [2.24, 2.45) is 0 Å². The number of ketones is 1. The Morgan fingerprint density at radius 3 is 2.89 bits per heavy atom. The van der Waals surface area contributed by atoms with Gasteiger partial charge < -0.3 is 4.74 Å². The maximum absolute atomic E-state index is 11.8. The van der Waals surface area contributed by atoms with Crippen LogP contribution in [0.2, 0.25) is 0 Å². The van der Waals surface area contributed by atoms with Gasteiger partial charge in [0.15, 0.2) is 0 Å². The molecular formula is C16H18O2. The van der Waals surface area contributed by atoms with Gasteiger partial charge in [-0.2, -0.15) is 0 Å². The second-order valence-corrected chi connectivity index (χ2v) is 5.50. The van der Waals surface area contributed by atoms with Gasteiger partial charge in [0.2, 0.25) is 0 Å². The zero-order valence-corrected chi connectivity index (χ0v) is 11.0. The van der Waals surface area contributed by atoms with Gasteiger partial charge >= 0.3 is 0 Å². The lowest BCUT2D eigenvalue weighted by molar-refractivity contribution is -0.119. The number of hydrogen-bond acceptors (Lipinski definition) is 2. The number of Topliss-reactive ketones (excluding diaryl/α,β-unsaturated/α-hetero) is 1. The van der Waals surface area contributed by atoms with Crippen molar-refractivity contribution in [1.82, 2.24) is 0 Å². The number of carbonyl (C=O) groups is 1. The first kappa shape index (κ1) is 11.5. The van der Waals surface area contributed by atoms with E-state index in [1.807, 2.05) is 6.07 Å². The van der Waals surface area contributed by atoms with Gasteiger partial charge in [-0.05, 0) is 36.1 Å². The number of carbonyl (C=O) groups excluding carboxylic acids is 1. The van der Waals surface area contributed by atoms with Crippen LogP contribution >= 0.6 is 0 Å². The summed E-state index contributed by atoms with van der Waals surface area (Å²) in [4.78, 5) is 11.8. The highest BCUT2D eigenvalue weighted by atomic mass is 16.5. The molecular weight excluding hydrogens is 224 g/mol. The fourth-order valence-electron chi connectivity index (χ4n) is 3.40. The fourth-order valence-corrected chi connectivity index (χ4v) is 3.40. The Hall–Kier alpha value is -1.57. The largest absolute Gasteiger partial charge is 0.497 e. The molecule has 2 nitrogen and oxygen atoms in total. The van der Waals surface area contributed by atoms with Crippen LogP contribution in [0.1, 0.15) is 37.3 Å². The molecule has 0 bridgehead atoms. The lowest BCUT2D eigenvalue weighted by Gasteiger charge is -2.40. The molecule has 1 aromatic carbocycles. The number of rotatable bonds is 1. The number of ether oxygens (including phenoxy) is 1. The molecule has 1 atom stereocenters. The van der Waals surface area contributed by atoms with Crippen LogP contribution in [0.3, 0.4) is 0 Å². The molecule has 0 spiro atoms. The summed E-state index contributed by atoms with van der Waals surface area (Å²) in [7, 11) is 1.70. The molecule has 2 heteroatoms. The summed E-state index contributed by atoms with van der Waals surface area (Å²) >= 11 is 0. The second-order valence-electron chi connectivity index (χ2n) is 5.50. The minimum atomic E-state index is -0.0742. The van der Waals surface area contributed by atoms with E-state index in [9.17, 15) is 4.79 Å². The van der Waals surface area contributed by atoms with Gasteiger partial charge in [0.25, 0.3) is 0 Å². The minimum absolute atomic E-state index is 0.0742. The summed E-state index contributed by atoms with van der Waals surface area (Å²) in [6.07, 6.45) is 5.56. The SMILES string of the molecule is COc1ccc2c(c1)CCC1=CCC(=O)CC12C. The molecule has 18 heavy (non-hydrogen) atoms. The highest BCUT2D eigenvalue weighted by Crippen LogP contribution is 2.46. The van der Waals surface area contributed by atoms with Crippen molar-refractivity contribution in [1.29, 1.82) is 0 Å². The van der Waals surface area contributed by atoms with Crippen molar-refractivity contribution in [3.63, 3.8) is 0 Å². The average Bonchev–Trinajstić information content (AvgIpc) is 2.37. The Kier molecular flexibility index (Phi) is 2.54. The molecule has 0 fully saturated rings. The summed E-state index contributed by atoms with van der Waals surface area (Å²) in [5.41, 5.74) is 4.02. The van der Waals surface area contributed by atoms with E-state index in [0.29, 0.717) is 18.6 Å². The van der Waals surface area contributed by atoms with Gasteiger partial charge in [-0.3, -0.25) is 4.79 Å². The van der Waals surface area contributed by atoms with Crippen LogP contribution in [0.25, 0.3) is 0 Å². The molecule has 2 aliphatic rings. The van der Waals surface area contributed by atoms with Crippen molar-refractivity contribution >= 4 is 5.78 Å². The maximum Gasteiger partial charge on any atom is 0.137 e. The third-order valence-electron chi connectivity index (χ3n) is 4.41. The van der Waals surface area contributed by atoms with Crippen LogP contribution in [-0.2, 0) is 16.6 Å². The number of fused-ring (bicyclic) bond motifs is 3. The summed E-state index contributed by atoms with van der Waals surface area (Å²) in [6.45, 7) is 2.21. The Labute approximate surface area is 108 Å². The van der Waals surface area contributed by atoms with Crippen LogP contribution < -0.4 is 4.74 Å². The average molecular weight is 242 g/mol. The fraction of sp³-hybridized carbons (Fsp3) is 0.438. The van der Waals surface area contributed by atoms with Crippen LogP contribution in [0.4, 0.5) is 0 Å². The van der Waals surface area contributed by atoms with E-state index in [0.717, 1.165) is 18.6 Å². The molecule has 0 heterocycles. The molecule has 2 aliphatic carbocycles. The molecule has 0 amide bonds. The first-order valence-corrected chi connectivity index (χ1v) is 6.52. The molecule has 1 aromatic rings. The Morgan fingerprint density at radius 1 is 1.28 bits per heavy atom. The zero-order valence-electron chi connectivity index (χ0n) is 11.0. The van der Waals surface area contributed by atoms with Gasteiger partial charge in [0, 0.05) is 18.3 Å². The van der Waals surface area contributed by atoms with E-state index in [4.69, 9.17) is 4.74 Å². The molecule has 1 unspecified atom stereocenters. The Bertz CT molecular complexity index is 542. The summed E-state index contributed by atoms with van der Waals surface area (Å²) in [5, 5.41) is 0. The van der Waals surface area contributed by atoms with Crippen LogP contribution in [0.5, 0.6) is 5.75 Å². The smallest absolute Gasteiger partial charge is 0.137 e. The maximum atomic E-state index is 11.8. The normalized spacial score (nSPS) is 26.1. The molecule has 3 rings (SSSR count). The van der Waals surface area contributed by atoms with Crippen molar-refractivity contribution in [3.8, 4) is 5.75 Å². The monoisotopic (exact) mass is 242 g/mol. The Balaban J connectivity index is 2.13. The standard InChI is InChI=1S/C16H18O2/c1-16-10-13(17)6-5-12(16)4-3-11-9-14(18-2)7-8-15(11)16/h5,7-9H,3-4,6,10H2,1-2H3. The molecule has 94 valence electrons. The molecule has 0 saturated heterocycles. The third kappa shape index (κ3) is 1.59. The summed E-state index contributed by atoms with van der Waals surface area (Å²) < 4.78 is 5.29. The summed E-state index contributed by atoms with van der Waals surface area (Å²) in [5.74, 6) is 1.26. The number of aryl methyl sites for hydroxylation is 1. The van der Waals surface area contributed by atoms with Crippen molar-refractivity contribution in [2.45, 2.75) is 38.0 Å². The predicted octanol–water partition coefficient (Wildman–Crippen LogP) is 3.19. The van der Waals surface area contributed by atoms with E-state index in [2.05, 4.69) is 25.1 Å². The first-order chi connectivity index (χ1) is 8.63. The Morgan fingerprint density at radius 2 is 2.11 bits per heavy atom. The zero-order chi connectivity index (χ0) is 12.8. The number of hydrogen-bond donors (Lipinski definition) is 0. The van der Waals surface area contributed by atoms with Gasteiger partial charge in [-0.15, -0.1) is 0 Å². The first-order valence-electron chi connectivity index (χ1n) is 6.52. The van der Waals surface area contributed by atoms with E-state index < -0.39 is 0 Å². The van der Waals surface area contributed by atoms with Crippen molar-refractivity contribution in [2.75, 3.05) is 7.11 Å². The highest BCUT2D eigenvalue weighted by Gasteiger charge is 2.39. The van der Waals surface area contributed by atoms with E-state index >= 15 is 0 Å². The summed E-state index contributed by atoms with van der Waals surface area (Å²) in [6, 6.07) is 6.27. The quantitative estimate of drug-likeness (QED) is 0.707. The van der Waals surface area contributed by atoms with E-state index in [1.54, 1.807) is 7.11 Å². The van der Waals surface area contributed by atoms with E-state index in [-0.39, 0.29) is 5.41 Å². The van der Waals surface area contributed by atoms with Crippen molar-refractivity contribution in [3.05, 3.63) is 41.0 Å². The number of methoxy groups -OCH3 is 1. The van der Waals surface area contributed by atoms with Gasteiger partial charge in [0.1, 0.15) is 11.5 Å². The highest BCUT2D eigenvalue weighted by molar-refractivity contribution is 5.84. The lowest BCUT2D eigenvalue weighted by atomic mass is 9.63. The van der Waals surface area contributed by atoms with Gasteiger partial charge in [-0.25, -0.2) is 0 Å². The molecule has 0 aromatic heterocycles. The lowest BCUT2D eigenvalue weighted by Crippen LogP contribution is -2.35. The van der Waals surface area contributed by atoms with Crippen molar-refractivity contribution < 1.29 is 9.53 Å². The second kappa shape index (κ2) is 3.98. The predicted molar refractivity (Wildman–Crippen MR) is 71.0 cm³/mol. The third-order valence-corrected chi connectivity index (χ3v) is 4.41. The van der Waals surface area contributed by atoms with Gasteiger partial charge in [-0.1, -0.05) is 24.6 Å². The topological polar surface area (TPSA) is 26.3 Å². The molecule has 0 saturated carbocycles. The molecule has 0 radical (unpaired) electrons. The van der Waals surface area contributed by atoms with Gasteiger partial charge in [0.05, 0.1) is 7.11 Å². The minimum Gasteiger partial charge on any atom is -0.497 e.